The highest BCUT2D eigenvalue weighted by Gasteiger charge is 2.44. The van der Waals surface area contributed by atoms with Crippen molar-refractivity contribution in [3.05, 3.63) is 17.0 Å². The lowest BCUT2D eigenvalue weighted by Gasteiger charge is -2.32. The van der Waals surface area contributed by atoms with Gasteiger partial charge in [0.2, 0.25) is 16.0 Å². The van der Waals surface area contributed by atoms with Crippen LogP contribution in [0.15, 0.2) is 0 Å². The second-order valence-corrected chi connectivity index (χ2v) is 13.1. The van der Waals surface area contributed by atoms with Gasteiger partial charge < -0.3 is 19.4 Å². The zero-order chi connectivity index (χ0) is 26.4. The van der Waals surface area contributed by atoms with Gasteiger partial charge in [-0.3, -0.25) is 4.79 Å². The highest BCUT2D eigenvalue weighted by atomic mass is 32.2. The molecule has 1 aromatic heterocycles. The molecule has 3 fully saturated rings. The van der Waals surface area contributed by atoms with Crippen LogP contribution in [0.1, 0.15) is 55.4 Å². The molecule has 0 aromatic carbocycles. The average Bonchev–Trinajstić information content (AvgIpc) is 3.31. The Labute approximate surface area is 213 Å². The Morgan fingerprint density at radius 1 is 0.944 bits per heavy atom. The Morgan fingerprint density at radius 2 is 1.44 bits per heavy atom. The standard InChI is InChI=1S/C24H38N6O5S/c1-15-20(16(2)26-22(25-15)28-9-7-19(8-10-28)27-36(6,33)34)21(31)29-11-17-13-30(14-18(17)12-29)23(32)35-24(3,4)5/h17-19,27H,7-14H2,1-6H3. The lowest BCUT2D eigenvalue weighted by atomic mass is 10.0. The first-order valence-corrected chi connectivity index (χ1v) is 14.4. The Kier molecular flexibility index (Phi) is 7.22. The molecule has 0 spiro atoms. The summed E-state index contributed by atoms with van der Waals surface area (Å²) in [5, 5.41) is 0. The van der Waals surface area contributed by atoms with Gasteiger partial charge in [0.1, 0.15) is 5.60 Å². The Morgan fingerprint density at radius 3 is 1.92 bits per heavy atom. The molecule has 0 saturated carbocycles. The van der Waals surface area contributed by atoms with E-state index in [0.29, 0.717) is 75.0 Å². The molecule has 3 aliphatic rings. The van der Waals surface area contributed by atoms with Crippen LogP contribution in [-0.4, -0.2) is 97.4 Å². The van der Waals surface area contributed by atoms with Crippen LogP contribution in [0.3, 0.4) is 0 Å². The summed E-state index contributed by atoms with van der Waals surface area (Å²) in [4.78, 5) is 40.8. The molecule has 12 heteroatoms. The summed E-state index contributed by atoms with van der Waals surface area (Å²) >= 11 is 0. The third-order valence-corrected chi connectivity index (χ3v) is 7.82. The maximum absolute atomic E-state index is 13.4. The van der Waals surface area contributed by atoms with Crippen LogP contribution in [0.25, 0.3) is 0 Å². The lowest BCUT2D eigenvalue weighted by Crippen LogP contribution is -2.45. The number of fused-ring (bicyclic) bond motifs is 1. The number of likely N-dealkylation sites (tertiary alicyclic amines) is 2. The molecule has 3 saturated heterocycles. The summed E-state index contributed by atoms with van der Waals surface area (Å²) in [7, 11) is -3.23. The smallest absolute Gasteiger partial charge is 0.410 e. The Balaban J connectivity index is 1.37. The van der Waals surface area contributed by atoms with E-state index in [1.54, 1.807) is 4.90 Å². The quantitative estimate of drug-likeness (QED) is 0.632. The third-order valence-electron chi connectivity index (χ3n) is 7.06. The molecule has 0 bridgehead atoms. The van der Waals surface area contributed by atoms with Crippen LogP contribution >= 0.6 is 0 Å². The van der Waals surface area contributed by atoms with Crippen LogP contribution in [0.2, 0.25) is 0 Å². The Bertz CT molecular complexity index is 1090. The molecule has 36 heavy (non-hydrogen) atoms. The van der Waals surface area contributed by atoms with Crippen LogP contribution in [0.4, 0.5) is 10.7 Å². The normalized spacial score (nSPS) is 23.2. The minimum atomic E-state index is -3.23. The number of nitrogens with zero attached hydrogens (tertiary/aromatic N) is 5. The number of aryl methyl sites for hydroxylation is 2. The minimum absolute atomic E-state index is 0.0640. The van der Waals surface area contributed by atoms with Crippen molar-refractivity contribution in [1.29, 1.82) is 0 Å². The molecule has 1 aromatic rings. The number of piperidine rings is 1. The van der Waals surface area contributed by atoms with Crippen LogP contribution in [0, 0.1) is 25.7 Å². The lowest BCUT2D eigenvalue weighted by molar-refractivity contribution is 0.0275. The van der Waals surface area contributed by atoms with Crippen LogP contribution < -0.4 is 9.62 Å². The average molecular weight is 523 g/mol. The summed E-state index contributed by atoms with van der Waals surface area (Å²) in [6.07, 6.45) is 2.23. The van der Waals surface area contributed by atoms with Crippen molar-refractivity contribution >= 4 is 28.0 Å². The van der Waals surface area contributed by atoms with E-state index in [1.807, 2.05) is 44.4 Å². The summed E-state index contributed by atoms with van der Waals surface area (Å²) in [5.74, 6) is 0.990. The monoisotopic (exact) mass is 522 g/mol. The molecule has 11 nitrogen and oxygen atoms in total. The van der Waals surface area contributed by atoms with Crippen molar-refractivity contribution in [3.8, 4) is 0 Å². The van der Waals surface area contributed by atoms with E-state index in [9.17, 15) is 18.0 Å². The van der Waals surface area contributed by atoms with Gasteiger partial charge >= 0.3 is 6.09 Å². The third kappa shape index (κ3) is 6.08. The van der Waals surface area contributed by atoms with Gasteiger partial charge in [-0.15, -0.1) is 0 Å². The van der Waals surface area contributed by atoms with Crippen LogP contribution in [0.5, 0.6) is 0 Å². The number of carbonyl (C=O) groups is 2. The van der Waals surface area contributed by atoms with E-state index >= 15 is 0 Å². The van der Waals surface area contributed by atoms with Crippen molar-refractivity contribution in [1.82, 2.24) is 24.5 Å². The molecule has 2 unspecified atom stereocenters. The number of anilines is 1. The van der Waals surface area contributed by atoms with Gasteiger partial charge in [0.25, 0.3) is 5.91 Å². The number of amides is 2. The number of hydrogen-bond acceptors (Lipinski definition) is 8. The molecule has 1 N–H and O–H groups in total. The van der Waals surface area contributed by atoms with Crippen molar-refractivity contribution in [2.75, 3.05) is 50.4 Å². The SMILES string of the molecule is Cc1nc(N2CCC(NS(C)(=O)=O)CC2)nc(C)c1C(=O)N1CC2CN(C(=O)OC(C)(C)C)CC2C1. The maximum atomic E-state index is 13.4. The first-order chi connectivity index (χ1) is 16.7. The van der Waals surface area contributed by atoms with E-state index in [-0.39, 0.29) is 29.9 Å². The summed E-state index contributed by atoms with van der Waals surface area (Å²) in [6.45, 7) is 12.9. The largest absolute Gasteiger partial charge is 0.444 e. The molecule has 4 rings (SSSR count). The molecular formula is C24H38N6O5S. The van der Waals surface area contributed by atoms with Gasteiger partial charge in [-0.25, -0.2) is 27.9 Å². The van der Waals surface area contributed by atoms with Crippen molar-refractivity contribution in [3.63, 3.8) is 0 Å². The summed E-state index contributed by atoms with van der Waals surface area (Å²) in [5.41, 5.74) is 1.30. The molecule has 4 heterocycles. The Hall–Kier alpha value is -2.47. The number of aromatic nitrogens is 2. The van der Waals surface area contributed by atoms with E-state index in [1.165, 1.54) is 6.26 Å². The number of rotatable bonds is 4. The van der Waals surface area contributed by atoms with Gasteiger partial charge in [-0.2, -0.15) is 0 Å². The second kappa shape index (κ2) is 9.77. The molecular weight excluding hydrogens is 484 g/mol. The zero-order valence-corrected chi connectivity index (χ0v) is 22.9. The fourth-order valence-electron chi connectivity index (χ4n) is 5.44. The van der Waals surface area contributed by atoms with Gasteiger partial charge in [0.15, 0.2) is 0 Å². The first kappa shape index (κ1) is 26.6. The van der Waals surface area contributed by atoms with E-state index in [4.69, 9.17) is 4.74 Å². The van der Waals surface area contributed by atoms with Crippen LogP contribution in [-0.2, 0) is 14.8 Å². The summed E-state index contributed by atoms with van der Waals surface area (Å²) in [6, 6.07) is -0.0832. The fourth-order valence-corrected chi connectivity index (χ4v) is 6.28. The zero-order valence-electron chi connectivity index (χ0n) is 22.1. The van der Waals surface area contributed by atoms with Crippen molar-refractivity contribution < 1.29 is 22.7 Å². The molecule has 3 aliphatic heterocycles. The molecule has 2 amide bonds. The molecule has 2 atom stereocenters. The predicted molar refractivity (Wildman–Crippen MR) is 135 cm³/mol. The highest BCUT2D eigenvalue weighted by molar-refractivity contribution is 7.88. The molecule has 0 aliphatic carbocycles. The maximum Gasteiger partial charge on any atom is 0.410 e. The van der Waals surface area contributed by atoms with E-state index in [2.05, 4.69) is 14.7 Å². The number of sulfonamides is 1. The number of nitrogens with one attached hydrogen (secondary N) is 1. The minimum Gasteiger partial charge on any atom is -0.444 e. The van der Waals surface area contributed by atoms with Gasteiger partial charge in [0.05, 0.1) is 23.2 Å². The second-order valence-electron chi connectivity index (χ2n) is 11.3. The fraction of sp³-hybridized carbons (Fsp3) is 0.750. The van der Waals surface area contributed by atoms with Gasteiger partial charge in [0, 0.05) is 57.1 Å². The van der Waals surface area contributed by atoms with E-state index in [0.717, 1.165) is 0 Å². The number of hydrogen-bond donors (Lipinski definition) is 1. The number of carbonyl (C=O) groups excluding carboxylic acids is 2. The first-order valence-electron chi connectivity index (χ1n) is 12.5. The van der Waals surface area contributed by atoms with Crippen molar-refractivity contribution in [2.24, 2.45) is 11.8 Å². The highest BCUT2D eigenvalue weighted by Crippen LogP contribution is 2.33. The summed E-state index contributed by atoms with van der Waals surface area (Å²) < 4.78 is 31.2. The molecule has 0 radical (unpaired) electrons. The molecule has 200 valence electrons. The van der Waals surface area contributed by atoms with Crippen molar-refractivity contribution in [2.45, 2.75) is 59.1 Å². The number of ether oxygens (including phenoxy) is 1. The van der Waals surface area contributed by atoms with Gasteiger partial charge in [-0.1, -0.05) is 0 Å². The van der Waals surface area contributed by atoms with Gasteiger partial charge in [-0.05, 0) is 47.5 Å². The topological polar surface area (TPSA) is 125 Å². The predicted octanol–water partition coefficient (Wildman–Crippen LogP) is 1.55. The van der Waals surface area contributed by atoms with E-state index < -0.39 is 15.6 Å².